The Balaban J connectivity index is 2.48. The van der Waals surface area contributed by atoms with Gasteiger partial charge in [0, 0.05) is 18.9 Å². The van der Waals surface area contributed by atoms with Gasteiger partial charge in [-0.1, -0.05) is 6.92 Å². The Kier molecular flexibility index (Phi) is 3.22. The first-order chi connectivity index (χ1) is 6.56. The Bertz CT molecular complexity index is 274. The molecule has 0 radical (unpaired) electrons. The number of carbonyl (C=O) groups excluding carboxylic acids is 3. The van der Waals surface area contributed by atoms with Crippen LogP contribution >= 0.6 is 0 Å². The fourth-order valence-corrected chi connectivity index (χ4v) is 1.39. The number of methoxy groups -OCH3 is 1. The van der Waals surface area contributed by atoms with Crippen molar-refractivity contribution in [3.05, 3.63) is 0 Å². The molecule has 0 aromatic rings. The minimum Gasteiger partial charge on any atom is -0.469 e. The second kappa shape index (κ2) is 4.21. The second-order valence-corrected chi connectivity index (χ2v) is 3.31. The van der Waals surface area contributed by atoms with Crippen LogP contribution in [0.3, 0.4) is 0 Å². The number of ether oxygens (including phenoxy) is 1. The van der Waals surface area contributed by atoms with Gasteiger partial charge in [-0.3, -0.25) is 19.3 Å². The zero-order chi connectivity index (χ0) is 10.7. The van der Waals surface area contributed by atoms with E-state index in [1.165, 1.54) is 7.11 Å². The van der Waals surface area contributed by atoms with Gasteiger partial charge in [-0.25, -0.2) is 0 Å². The highest BCUT2D eigenvalue weighted by atomic mass is 16.5. The summed E-state index contributed by atoms with van der Waals surface area (Å²) in [5.41, 5.74) is 0. The Labute approximate surface area is 82.0 Å². The zero-order valence-electron chi connectivity index (χ0n) is 8.28. The molecule has 1 saturated heterocycles. The first kappa shape index (κ1) is 10.7. The molecule has 5 heteroatoms. The molecule has 78 valence electrons. The number of carbonyl (C=O) groups is 3. The maximum atomic E-state index is 11.4. The molecule has 5 nitrogen and oxygen atoms in total. The molecule has 1 atom stereocenters. The van der Waals surface area contributed by atoms with Gasteiger partial charge >= 0.3 is 5.97 Å². The Morgan fingerprint density at radius 3 is 2.64 bits per heavy atom. The van der Waals surface area contributed by atoms with Crippen molar-refractivity contribution >= 4 is 17.8 Å². The van der Waals surface area contributed by atoms with E-state index in [0.29, 0.717) is 0 Å². The largest absolute Gasteiger partial charge is 0.469 e. The molecular formula is C9H13NO4. The molecule has 0 aromatic carbocycles. The average molecular weight is 199 g/mol. The van der Waals surface area contributed by atoms with E-state index in [4.69, 9.17) is 0 Å². The van der Waals surface area contributed by atoms with Gasteiger partial charge in [0.25, 0.3) is 0 Å². The number of esters is 1. The molecule has 1 unspecified atom stereocenters. The predicted molar refractivity (Wildman–Crippen MR) is 47.1 cm³/mol. The third kappa shape index (κ3) is 2.10. The van der Waals surface area contributed by atoms with Crippen molar-refractivity contribution in [3.8, 4) is 0 Å². The standard InChI is InChI=1S/C9H13NO4/c1-6-5-7(11)10(9(6)13)4-3-8(12)14-2/h6H,3-5H2,1-2H3. The minimum atomic E-state index is -0.412. The molecule has 0 saturated carbocycles. The van der Waals surface area contributed by atoms with Crippen LogP contribution in [0.15, 0.2) is 0 Å². The van der Waals surface area contributed by atoms with Crippen LogP contribution in [0, 0.1) is 5.92 Å². The van der Waals surface area contributed by atoms with Crippen LogP contribution in [0.4, 0.5) is 0 Å². The summed E-state index contributed by atoms with van der Waals surface area (Å²) in [5, 5.41) is 0. The van der Waals surface area contributed by atoms with Gasteiger partial charge in [0.15, 0.2) is 0 Å². The van der Waals surface area contributed by atoms with Crippen LogP contribution in [-0.4, -0.2) is 36.3 Å². The van der Waals surface area contributed by atoms with Crippen molar-refractivity contribution in [2.24, 2.45) is 5.92 Å². The van der Waals surface area contributed by atoms with Gasteiger partial charge in [-0.15, -0.1) is 0 Å². The molecule has 0 aliphatic carbocycles. The van der Waals surface area contributed by atoms with Crippen molar-refractivity contribution in [2.45, 2.75) is 19.8 Å². The molecule has 1 heterocycles. The number of rotatable bonds is 3. The quantitative estimate of drug-likeness (QED) is 0.472. The number of amides is 2. The number of hydrogen-bond donors (Lipinski definition) is 0. The minimum absolute atomic E-state index is 0.0701. The van der Waals surface area contributed by atoms with E-state index >= 15 is 0 Å². The molecule has 0 aromatic heterocycles. The SMILES string of the molecule is COC(=O)CCN1C(=O)CC(C)C1=O. The first-order valence-corrected chi connectivity index (χ1v) is 4.47. The van der Waals surface area contributed by atoms with Crippen molar-refractivity contribution in [3.63, 3.8) is 0 Å². The molecule has 1 aliphatic rings. The van der Waals surface area contributed by atoms with Crippen molar-refractivity contribution < 1.29 is 19.1 Å². The highest BCUT2D eigenvalue weighted by Crippen LogP contribution is 2.18. The fourth-order valence-electron chi connectivity index (χ4n) is 1.39. The Morgan fingerprint density at radius 1 is 1.57 bits per heavy atom. The fraction of sp³-hybridized carbons (Fsp3) is 0.667. The van der Waals surface area contributed by atoms with Gasteiger partial charge in [0.2, 0.25) is 11.8 Å². The lowest BCUT2D eigenvalue weighted by atomic mass is 10.1. The maximum absolute atomic E-state index is 11.4. The lowest BCUT2D eigenvalue weighted by Gasteiger charge is -2.12. The van der Waals surface area contributed by atoms with Gasteiger partial charge < -0.3 is 4.74 Å². The van der Waals surface area contributed by atoms with Crippen LogP contribution in [0.25, 0.3) is 0 Å². The summed E-state index contributed by atoms with van der Waals surface area (Å²) in [6.45, 7) is 1.84. The van der Waals surface area contributed by atoms with Crippen LogP contribution in [0.1, 0.15) is 19.8 Å². The van der Waals surface area contributed by atoms with Gasteiger partial charge in [0.1, 0.15) is 0 Å². The lowest BCUT2D eigenvalue weighted by Crippen LogP contribution is -2.32. The summed E-state index contributed by atoms with van der Waals surface area (Å²) in [5.74, 6) is -1.06. The predicted octanol–water partition coefficient (Wildman–Crippen LogP) is -0.0555. The monoisotopic (exact) mass is 199 g/mol. The highest BCUT2D eigenvalue weighted by molar-refractivity contribution is 6.03. The third-order valence-corrected chi connectivity index (χ3v) is 2.24. The van der Waals surface area contributed by atoms with E-state index in [0.717, 1.165) is 4.90 Å². The summed E-state index contributed by atoms with van der Waals surface area (Å²) < 4.78 is 4.42. The van der Waals surface area contributed by atoms with Crippen molar-refractivity contribution in [1.29, 1.82) is 0 Å². The average Bonchev–Trinajstić information content (AvgIpc) is 2.39. The van der Waals surface area contributed by atoms with E-state index in [-0.39, 0.29) is 37.1 Å². The third-order valence-electron chi connectivity index (χ3n) is 2.24. The first-order valence-electron chi connectivity index (χ1n) is 4.47. The van der Waals surface area contributed by atoms with Gasteiger partial charge in [0.05, 0.1) is 13.5 Å². The van der Waals surface area contributed by atoms with E-state index < -0.39 is 5.97 Å². The number of likely N-dealkylation sites (tertiary alicyclic amines) is 1. The molecule has 0 bridgehead atoms. The zero-order valence-corrected chi connectivity index (χ0v) is 8.28. The highest BCUT2D eigenvalue weighted by Gasteiger charge is 2.35. The summed E-state index contributed by atoms with van der Waals surface area (Å²) in [7, 11) is 1.28. The van der Waals surface area contributed by atoms with Crippen LogP contribution in [0.2, 0.25) is 0 Å². The molecule has 1 aliphatic heterocycles. The Hall–Kier alpha value is -1.39. The van der Waals surface area contributed by atoms with E-state index in [9.17, 15) is 14.4 Å². The Morgan fingerprint density at radius 2 is 2.21 bits per heavy atom. The summed E-state index contributed by atoms with van der Waals surface area (Å²) in [4.78, 5) is 34.5. The van der Waals surface area contributed by atoms with Crippen LogP contribution in [0.5, 0.6) is 0 Å². The smallest absolute Gasteiger partial charge is 0.307 e. The molecule has 14 heavy (non-hydrogen) atoms. The number of hydrogen-bond acceptors (Lipinski definition) is 4. The van der Waals surface area contributed by atoms with E-state index in [1.807, 2.05) is 0 Å². The second-order valence-electron chi connectivity index (χ2n) is 3.31. The van der Waals surface area contributed by atoms with Crippen LogP contribution in [-0.2, 0) is 19.1 Å². The molecule has 1 fully saturated rings. The molecular weight excluding hydrogens is 186 g/mol. The maximum Gasteiger partial charge on any atom is 0.307 e. The van der Waals surface area contributed by atoms with Gasteiger partial charge in [-0.2, -0.15) is 0 Å². The van der Waals surface area contributed by atoms with Crippen molar-refractivity contribution in [2.75, 3.05) is 13.7 Å². The molecule has 0 N–H and O–H groups in total. The molecule has 2 amide bonds. The summed E-state index contributed by atoms with van der Waals surface area (Å²) in [6, 6.07) is 0. The normalized spacial score (nSPS) is 21.6. The van der Waals surface area contributed by atoms with Crippen LogP contribution < -0.4 is 0 Å². The van der Waals surface area contributed by atoms with E-state index in [2.05, 4.69) is 4.74 Å². The van der Waals surface area contributed by atoms with E-state index in [1.54, 1.807) is 6.92 Å². The lowest BCUT2D eigenvalue weighted by molar-refractivity contribution is -0.143. The number of imide groups is 1. The topological polar surface area (TPSA) is 63.7 Å². The molecule has 0 spiro atoms. The number of nitrogens with zero attached hydrogens (tertiary/aromatic N) is 1. The van der Waals surface area contributed by atoms with Crippen molar-refractivity contribution in [1.82, 2.24) is 4.90 Å². The summed E-state index contributed by atoms with van der Waals surface area (Å²) >= 11 is 0. The van der Waals surface area contributed by atoms with Gasteiger partial charge in [-0.05, 0) is 0 Å². The molecule has 1 rings (SSSR count). The summed E-state index contributed by atoms with van der Waals surface area (Å²) in [6.07, 6.45) is 0.320.